The third-order valence-corrected chi connectivity index (χ3v) is 4.89. The van der Waals surface area contributed by atoms with Gasteiger partial charge >= 0.3 is 0 Å². The fraction of sp³-hybridized carbons (Fsp3) is 0.429. The highest BCUT2D eigenvalue weighted by molar-refractivity contribution is 5.92. The van der Waals surface area contributed by atoms with Crippen LogP contribution in [0.4, 0.5) is 22.9 Å². The molecule has 1 aliphatic heterocycles. The van der Waals surface area contributed by atoms with Crippen molar-refractivity contribution in [1.82, 2.24) is 4.98 Å². The quantitative estimate of drug-likeness (QED) is 0.772. The molecule has 0 unspecified atom stereocenters. The van der Waals surface area contributed by atoms with E-state index in [0.717, 1.165) is 37.4 Å². The van der Waals surface area contributed by atoms with Crippen molar-refractivity contribution in [3.05, 3.63) is 42.6 Å². The van der Waals surface area contributed by atoms with E-state index < -0.39 is 0 Å². The molecule has 1 aliphatic rings. The first-order valence-electron chi connectivity index (χ1n) is 9.66. The molecule has 0 bridgehead atoms. The number of hydrogen-bond acceptors (Lipinski definition) is 5. The molecule has 6 heteroatoms. The first-order chi connectivity index (χ1) is 13.2. The summed E-state index contributed by atoms with van der Waals surface area (Å²) in [6.45, 7) is 7.61. The molecule has 0 atom stereocenters. The van der Waals surface area contributed by atoms with Crippen LogP contribution >= 0.6 is 0 Å². The van der Waals surface area contributed by atoms with Crippen molar-refractivity contribution in [1.29, 1.82) is 0 Å². The Morgan fingerprint density at radius 2 is 1.74 bits per heavy atom. The lowest BCUT2D eigenvalue weighted by Gasteiger charge is -2.21. The second kappa shape index (κ2) is 9.37. The van der Waals surface area contributed by atoms with Gasteiger partial charge in [0.25, 0.3) is 0 Å². The Morgan fingerprint density at radius 1 is 1.07 bits per heavy atom. The van der Waals surface area contributed by atoms with E-state index >= 15 is 0 Å². The van der Waals surface area contributed by atoms with Gasteiger partial charge in [0.05, 0.1) is 11.9 Å². The van der Waals surface area contributed by atoms with Crippen LogP contribution < -0.4 is 15.5 Å². The molecule has 0 aliphatic carbocycles. The Balaban J connectivity index is 1.56. The Hall–Kier alpha value is -2.60. The number of aromatic nitrogens is 1. The summed E-state index contributed by atoms with van der Waals surface area (Å²) in [5.74, 6) is 0.823. The van der Waals surface area contributed by atoms with E-state index in [2.05, 4.69) is 58.6 Å². The van der Waals surface area contributed by atoms with Gasteiger partial charge in [-0.1, -0.05) is 0 Å². The molecule has 0 radical (unpaired) electrons. The summed E-state index contributed by atoms with van der Waals surface area (Å²) in [6, 6.07) is 12.1. The molecule has 1 aromatic heterocycles. The van der Waals surface area contributed by atoms with Crippen molar-refractivity contribution < 1.29 is 9.53 Å². The van der Waals surface area contributed by atoms with Crippen LogP contribution in [0.2, 0.25) is 0 Å². The normalized spacial score (nSPS) is 14.6. The number of carbonyl (C=O) groups excluding carboxylic acids is 1. The molecule has 144 valence electrons. The minimum atomic E-state index is 0.0286. The van der Waals surface area contributed by atoms with Crippen LogP contribution in [0.3, 0.4) is 0 Å². The zero-order valence-electron chi connectivity index (χ0n) is 16.1. The smallest absolute Gasteiger partial charge is 0.227 e. The summed E-state index contributed by atoms with van der Waals surface area (Å²) >= 11 is 0. The molecule has 1 amide bonds. The van der Waals surface area contributed by atoms with Gasteiger partial charge in [-0.25, -0.2) is 4.98 Å². The number of amides is 1. The van der Waals surface area contributed by atoms with E-state index in [1.807, 2.05) is 12.1 Å². The second-order valence-electron chi connectivity index (χ2n) is 6.65. The fourth-order valence-corrected chi connectivity index (χ4v) is 3.24. The predicted octanol–water partition coefficient (Wildman–Crippen LogP) is 4.04. The van der Waals surface area contributed by atoms with E-state index in [0.29, 0.717) is 18.9 Å². The van der Waals surface area contributed by atoms with Crippen LogP contribution in [-0.4, -0.2) is 37.2 Å². The van der Waals surface area contributed by atoms with Crippen LogP contribution in [0, 0.1) is 5.92 Å². The number of ether oxygens (including phenoxy) is 1. The largest absolute Gasteiger partial charge is 0.381 e. The van der Waals surface area contributed by atoms with E-state index in [1.165, 1.54) is 5.69 Å². The molecule has 1 saturated heterocycles. The number of anilines is 4. The number of nitrogens with zero attached hydrogens (tertiary/aromatic N) is 2. The van der Waals surface area contributed by atoms with Crippen molar-refractivity contribution in [3.63, 3.8) is 0 Å². The monoisotopic (exact) mass is 368 g/mol. The van der Waals surface area contributed by atoms with Crippen LogP contribution in [0.15, 0.2) is 42.6 Å². The average Bonchev–Trinajstić information content (AvgIpc) is 2.72. The van der Waals surface area contributed by atoms with Crippen molar-refractivity contribution in [3.8, 4) is 0 Å². The van der Waals surface area contributed by atoms with Crippen molar-refractivity contribution in [2.24, 2.45) is 5.92 Å². The Labute approximate surface area is 160 Å². The summed E-state index contributed by atoms with van der Waals surface area (Å²) in [5.41, 5.74) is 2.91. The van der Waals surface area contributed by atoms with Crippen LogP contribution in [-0.2, 0) is 9.53 Å². The summed E-state index contributed by atoms with van der Waals surface area (Å²) < 4.78 is 5.30. The van der Waals surface area contributed by atoms with Gasteiger partial charge < -0.3 is 20.3 Å². The Kier molecular flexibility index (Phi) is 6.65. The molecule has 1 aromatic carbocycles. The predicted molar refractivity (Wildman–Crippen MR) is 110 cm³/mol. The lowest BCUT2D eigenvalue weighted by molar-refractivity contribution is -0.122. The number of hydrogen-bond donors (Lipinski definition) is 2. The lowest BCUT2D eigenvalue weighted by Crippen LogP contribution is -2.28. The number of rotatable bonds is 7. The maximum Gasteiger partial charge on any atom is 0.227 e. The highest BCUT2D eigenvalue weighted by Crippen LogP contribution is 2.22. The summed E-state index contributed by atoms with van der Waals surface area (Å²) in [4.78, 5) is 19.0. The molecular formula is C21H28N4O2. The lowest BCUT2D eigenvalue weighted by atomic mass is 9.99. The van der Waals surface area contributed by atoms with E-state index in [9.17, 15) is 4.79 Å². The van der Waals surface area contributed by atoms with E-state index in [4.69, 9.17) is 4.74 Å². The van der Waals surface area contributed by atoms with Crippen molar-refractivity contribution in [2.45, 2.75) is 26.7 Å². The summed E-state index contributed by atoms with van der Waals surface area (Å²) in [7, 11) is 0. The number of nitrogens with one attached hydrogen (secondary N) is 2. The molecule has 3 rings (SSSR count). The topological polar surface area (TPSA) is 66.5 Å². The molecule has 0 saturated carbocycles. The van der Waals surface area contributed by atoms with Gasteiger partial charge in [0.2, 0.25) is 5.91 Å². The maximum atomic E-state index is 12.3. The first kappa shape index (κ1) is 19.2. The standard InChI is InChI=1S/C21H28N4O2/c1-3-25(4-2)19-8-5-17(6-9-19)23-20-10-7-18(15-22-20)24-21(26)16-11-13-27-14-12-16/h5-10,15-16H,3-4,11-14H2,1-2H3,(H,22,23)(H,24,26). The maximum absolute atomic E-state index is 12.3. The molecule has 1 fully saturated rings. The zero-order valence-corrected chi connectivity index (χ0v) is 16.1. The summed E-state index contributed by atoms with van der Waals surface area (Å²) in [5, 5.41) is 6.24. The van der Waals surface area contributed by atoms with Gasteiger partial charge in [0, 0.05) is 43.6 Å². The molecular weight excluding hydrogens is 340 g/mol. The third-order valence-electron chi connectivity index (χ3n) is 4.89. The second-order valence-corrected chi connectivity index (χ2v) is 6.65. The molecule has 2 heterocycles. The minimum Gasteiger partial charge on any atom is -0.381 e. The summed E-state index contributed by atoms with van der Waals surface area (Å²) in [6.07, 6.45) is 3.24. The van der Waals surface area contributed by atoms with Gasteiger partial charge in [0.15, 0.2) is 0 Å². The van der Waals surface area contributed by atoms with Crippen LogP contribution in [0.5, 0.6) is 0 Å². The van der Waals surface area contributed by atoms with Gasteiger partial charge in [-0.05, 0) is 63.1 Å². The first-order valence-corrected chi connectivity index (χ1v) is 9.66. The Morgan fingerprint density at radius 3 is 2.33 bits per heavy atom. The average molecular weight is 368 g/mol. The molecule has 2 N–H and O–H groups in total. The van der Waals surface area contributed by atoms with Gasteiger partial charge in [-0.15, -0.1) is 0 Å². The number of benzene rings is 1. The molecule has 2 aromatic rings. The minimum absolute atomic E-state index is 0.0286. The van der Waals surface area contributed by atoms with Crippen LogP contribution in [0.1, 0.15) is 26.7 Å². The third kappa shape index (κ3) is 5.20. The molecule has 27 heavy (non-hydrogen) atoms. The molecule has 0 spiro atoms. The van der Waals surface area contributed by atoms with E-state index in [-0.39, 0.29) is 11.8 Å². The molecule has 6 nitrogen and oxygen atoms in total. The number of carbonyl (C=O) groups is 1. The SMILES string of the molecule is CCN(CC)c1ccc(Nc2ccc(NC(=O)C3CCOCC3)cn2)cc1. The van der Waals surface area contributed by atoms with E-state index in [1.54, 1.807) is 6.20 Å². The van der Waals surface area contributed by atoms with Crippen LogP contribution in [0.25, 0.3) is 0 Å². The fourth-order valence-electron chi connectivity index (χ4n) is 3.24. The van der Waals surface area contributed by atoms with Gasteiger partial charge in [-0.3, -0.25) is 4.79 Å². The van der Waals surface area contributed by atoms with Gasteiger partial charge in [-0.2, -0.15) is 0 Å². The van der Waals surface area contributed by atoms with Gasteiger partial charge in [0.1, 0.15) is 5.82 Å². The highest BCUT2D eigenvalue weighted by Gasteiger charge is 2.21. The highest BCUT2D eigenvalue weighted by atomic mass is 16.5. The van der Waals surface area contributed by atoms with Crippen molar-refractivity contribution >= 4 is 28.8 Å². The zero-order chi connectivity index (χ0) is 19.1. The van der Waals surface area contributed by atoms with Crippen molar-refractivity contribution in [2.75, 3.05) is 41.8 Å². The Bertz CT molecular complexity index is 721. The number of pyridine rings is 1.